The number of aromatic hydroxyl groups is 1. The standard InChI is InChI=1S/C16H18N2O3/c1-2-18(11-13-7-9-17-10-8-13)16(20)12-21-15-6-4-3-5-14(15)19/h3-10,19H,2,11-12H2,1H3. The summed E-state index contributed by atoms with van der Waals surface area (Å²) in [5.74, 6) is 0.214. The molecule has 0 fully saturated rings. The number of amides is 1. The van der Waals surface area contributed by atoms with Crippen LogP contribution in [-0.2, 0) is 11.3 Å². The molecule has 0 atom stereocenters. The van der Waals surface area contributed by atoms with E-state index < -0.39 is 0 Å². The molecule has 0 radical (unpaired) electrons. The number of benzene rings is 1. The predicted octanol–water partition coefficient (Wildman–Crippen LogP) is 2.21. The Balaban J connectivity index is 1.93. The zero-order chi connectivity index (χ0) is 15.1. The van der Waals surface area contributed by atoms with Crippen LogP contribution in [0.2, 0.25) is 0 Å². The number of phenols is 1. The number of hydrogen-bond acceptors (Lipinski definition) is 4. The Hall–Kier alpha value is -2.56. The summed E-state index contributed by atoms with van der Waals surface area (Å²) in [6, 6.07) is 10.3. The number of carbonyl (C=O) groups excluding carboxylic acids is 1. The SMILES string of the molecule is CCN(Cc1ccncc1)C(=O)COc1ccccc1O. The van der Waals surface area contributed by atoms with Crippen LogP contribution in [0.1, 0.15) is 12.5 Å². The summed E-state index contributed by atoms with van der Waals surface area (Å²) in [5, 5.41) is 9.60. The van der Waals surface area contributed by atoms with Gasteiger partial charge in [-0.25, -0.2) is 0 Å². The third-order valence-electron chi connectivity index (χ3n) is 3.07. The van der Waals surface area contributed by atoms with Gasteiger partial charge in [0.05, 0.1) is 0 Å². The van der Waals surface area contributed by atoms with E-state index in [2.05, 4.69) is 4.98 Å². The highest BCUT2D eigenvalue weighted by Crippen LogP contribution is 2.24. The molecule has 1 N–H and O–H groups in total. The van der Waals surface area contributed by atoms with Crippen molar-refractivity contribution in [2.75, 3.05) is 13.2 Å². The molecule has 1 amide bonds. The maximum absolute atomic E-state index is 12.2. The van der Waals surface area contributed by atoms with Crippen LogP contribution in [0.3, 0.4) is 0 Å². The number of likely N-dealkylation sites (N-methyl/N-ethyl adjacent to an activating group) is 1. The largest absolute Gasteiger partial charge is 0.504 e. The first-order chi connectivity index (χ1) is 10.2. The second kappa shape index (κ2) is 7.28. The van der Waals surface area contributed by atoms with Crippen molar-refractivity contribution in [3.05, 3.63) is 54.4 Å². The monoisotopic (exact) mass is 286 g/mol. The summed E-state index contributed by atoms with van der Waals surface area (Å²) in [7, 11) is 0. The molecule has 110 valence electrons. The van der Waals surface area contributed by atoms with Gasteiger partial charge in [-0.05, 0) is 36.8 Å². The summed E-state index contributed by atoms with van der Waals surface area (Å²) in [4.78, 5) is 17.8. The van der Waals surface area contributed by atoms with Gasteiger partial charge in [0.1, 0.15) is 0 Å². The number of pyridine rings is 1. The fourth-order valence-electron chi connectivity index (χ4n) is 1.89. The van der Waals surface area contributed by atoms with E-state index in [-0.39, 0.29) is 18.3 Å². The molecule has 0 bridgehead atoms. The summed E-state index contributed by atoms with van der Waals surface area (Å²) in [6.45, 7) is 2.92. The van der Waals surface area contributed by atoms with E-state index in [1.807, 2.05) is 19.1 Å². The molecule has 2 rings (SSSR count). The van der Waals surface area contributed by atoms with Crippen LogP contribution in [0.5, 0.6) is 11.5 Å². The summed E-state index contributed by atoms with van der Waals surface area (Å²) in [5.41, 5.74) is 1.02. The highest BCUT2D eigenvalue weighted by atomic mass is 16.5. The maximum atomic E-state index is 12.2. The molecule has 1 heterocycles. The molecule has 1 aromatic carbocycles. The van der Waals surface area contributed by atoms with Gasteiger partial charge in [0.25, 0.3) is 5.91 Å². The minimum absolute atomic E-state index is 0.0301. The molecule has 5 nitrogen and oxygen atoms in total. The lowest BCUT2D eigenvalue weighted by Crippen LogP contribution is -2.34. The van der Waals surface area contributed by atoms with Crippen molar-refractivity contribution >= 4 is 5.91 Å². The normalized spacial score (nSPS) is 10.1. The molecule has 2 aromatic rings. The number of carbonyl (C=O) groups is 1. The zero-order valence-corrected chi connectivity index (χ0v) is 11.9. The van der Waals surface area contributed by atoms with E-state index in [4.69, 9.17) is 4.74 Å². The first kappa shape index (κ1) is 14.8. The number of hydrogen-bond donors (Lipinski definition) is 1. The van der Waals surface area contributed by atoms with Crippen molar-refractivity contribution in [2.45, 2.75) is 13.5 Å². The minimum atomic E-state index is -0.127. The molecule has 21 heavy (non-hydrogen) atoms. The lowest BCUT2D eigenvalue weighted by Gasteiger charge is -2.21. The second-order valence-corrected chi connectivity index (χ2v) is 4.52. The van der Waals surface area contributed by atoms with Gasteiger partial charge in [0, 0.05) is 25.5 Å². The van der Waals surface area contributed by atoms with Crippen LogP contribution in [-0.4, -0.2) is 34.0 Å². The first-order valence-corrected chi connectivity index (χ1v) is 6.78. The molecular formula is C16H18N2O3. The van der Waals surface area contributed by atoms with Gasteiger partial charge in [0.2, 0.25) is 0 Å². The molecule has 0 saturated carbocycles. The number of ether oxygens (including phenoxy) is 1. The van der Waals surface area contributed by atoms with Crippen molar-refractivity contribution in [1.29, 1.82) is 0 Å². The molecule has 0 aliphatic heterocycles. The van der Waals surface area contributed by atoms with E-state index in [1.54, 1.807) is 35.5 Å². The van der Waals surface area contributed by atoms with Crippen LogP contribution in [0.25, 0.3) is 0 Å². The third kappa shape index (κ3) is 4.21. The molecule has 0 spiro atoms. The van der Waals surface area contributed by atoms with Crippen LogP contribution in [0.15, 0.2) is 48.8 Å². The molecule has 0 aliphatic carbocycles. The molecule has 0 unspecified atom stereocenters. The summed E-state index contributed by atoms with van der Waals surface area (Å²) < 4.78 is 5.37. The zero-order valence-electron chi connectivity index (χ0n) is 11.9. The Labute approximate surface area is 123 Å². The highest BCUT2D eigenvalue weighted by Gasteiger charge is 2.13. The van der Waals surface area contributed by atoms with E-state index in [9.17, 15) is 9.90 Å². The smallest absolute Gasteiger partial charge is 0.260 e. The fourth-order valence-corrected chi connectivity index (χ4v) is 1.89. The second-order valence-electron chi connectivity index (χ2n) is 4.52. The lowest BCUT2D eigenvalue weighted by atomic mass is 10.2. The number of nitrogens with zero attached hydrogens (tertiary/aromatic N) is 2. The van der Waals surface area contributed by atoms with Crippen LogP contribution in [0.4, 0.5) is 0 Å². The van der Waals surface area contributed by atoms with Crippen molar-refractivity contribution in [1.82, 2.24) is 9.88 Å². The van der Waals surface area contributed by atoms with E-state index in [0.29, 0.717) is 18.8 Å². The molecule has 1 aromatic heterocycles. The first-order valence-electron chi connectivity index (χ1n) is 6.78. The Morgan fingerprint density at radius 3 is 2.62 bits per heavy atom. The third-order valence-corrected chi connectivity index (χ3v) is 3.07. The molecule has 0 saturated heterocycles. The Morgan fingerprint density at radius 1 is 1.24 bits per heavy atom. The maximum Gasteiger partial charge on any atom is 0.260 e. The van der Waals surface area contributed by atoms with Gasteiger partial charge >= 0.3 is 0 Å². The van der Waals surface area contributed by atoms with Crippen LogP contribution >= 0.6 is 0 Å². The van der Waals surface area contributed by atoms with Gasteiger partial charge in [-0.1, -0.05) is 12.1 Å². The Kier molecular flexibility index (Phi) is 5.15. The Morgan fingerprint density at radius 2 is 1.95 bits per heavy atom. The quantitative estimate of drug-likeness (QED) is 0.884. The van der Waals surface area contributed by atoms with Crippen LogP contribution in [0, 0.1) is 0 Å². The number of phenolic OH excluding ortho intramolecular Hbond substituents is 1. The van der Waals surface area contributed by atoms with Gasteiger partial charge in [0.15, 0.2) is 18.1 Å². The van der Waals surface area contributed by atoms with Crippen molar-refractivity contribution < 1.29 is 14.6 Å². The van der Waals surface area contributed by atoms with Crippen molar-refractivity contribution in [3.8, 4) is 11.5 Å². The molecule has 5 heteroatoms. The number of para-hydroxylation sites is 2. The molecular weight excluding hydrogens is 268 g/mol. The lowest BCUT2D eigenvalue weighted by molar-refractivity contribution is -0.133. The Bertz CT molecular complexity index is 587. The van der Waals surface area contributed by atoms with Crippen LogP contribution < -0.4 is 4.74 Å². The van der Waals surface area contributed by atoms with E-state index in [0.717, 1.165) is 5.56 Å². The predicted molar refractivity (Wildman–Crippen MR) is 78.9 cm³/mol. The highest BCUT2D eigenvalue weighted by molar-refractivity contribution is 5.77. The fraction of sp³-hybridized carbons (Fsp3) is 0.250. The van der Waals surface area contributed by atoms with Gasteiger partial charge in [-0.3, -0.25) is 9.78 Å². The summed E-state index contributed by atoms with van der Waals surface area (Å²) >= 11 is 0. The average Bonchev–Trinajstić information content (AvgIpc) is 2.52. The number of rotatable bonds is 6. The summed E-state index contributed by atoms with van der Waals surface area (Å²) in [6.07, 6.45) is 3.40. The average molecular weight is 286 g/mol. The van der Waals surface area contributed by atoms with Gasteiger partial charge in [-0.2, -0.15) is 0 Å². The molecule has 0 aliphatic rings. The number of aromatic nitrogens is 1. The van der Waals surface area contributed by atoms with E-state index in [1.165, 1.54) is 6.07 Å². The van der Waals surface area contributed by atoms with Gasteiger partial charge < -0.3 is 14.7 Å². The van der Waals surface area contributed by atoms with E-state index >= 15 is 0 Å². The topological polar surface area (TPSA) is 62.7 Å². The van der Waals surface area contributed by atoms with Crippen molar-refractivity contribution in [2.24, 2.45) is 0 Å². The minimum Gasteiger partial charge on any atom is -0.504 e. The van der Waals surface area contributed by atoms with Crippen molar-refractivity contribution in [3.63, 3.8) is 0 Å². The van der Waals surface area contributed by atoms with Gasteiger partial charge in [-0.15, -0.1) is 0 Å².